The molecule has 0 bridgehead atoms. The van der Waals surface area contributed by atoms with Crippen molar-refractivity contribution in [2.75, 3.05) is 69.7 Å². The summed E-state index contributed by atoms with van der Waals surface area (Å²) in [6.45, 7) is 8.61. The van der Waals surface area contributed by atoms with E-state index in [1.807, 2.05) is 31.3 Å². The number of rotatable bonds is 9. The number of anilines is 2. The summed E-state index contributed by atoms with van der Waals surface area (Å²) in [7, 11) is 0. The minimum absolute atomic E-state index is 0.115. The van der Waals surface area contributed by atoms with Crippen molar-refractivity contribution in [2.45, 2.75) is 13.0 Å². The van der Waals surface area contributed by atoms with Crippen LogP contribution in [0.1, 0.15) is 6.92 Å². The largest absolute Gasteiger partial charge is 0.380 e. The standard InChI is InChI=1S/C21H29N7O2/c1-2-29-9-8-24-19-4-3-15(12-26-19)17-11-18-20(25-6-5-23-18)21(28-17)27-14-16-13-22-7-10-30-16/h3-4,11-12,16,22H,2,5-10,13-14H2,1H3,(H,24,26)(H,27,28). The second-order valence-corrected chi connectivity index (χ2v) is 7.12. The lowest BCUT2D eigenvalue weighted by Crippen LogP contribution is -2.43. The first-order valence-corrected chi connectivity index (χ1v) is 10.6. The second-order valence-electron chi connectivity index (χ2n) is 7.12. The third-order valence-electron chi connectivity index (χ3n) is 4.94. The van der Waals surface area contributed by atoms with Crippen molar-refractivity contribution in [3.63, 3.8) is 0 Å². The summed E-state index contributed by atoms with van der Waals surface area (Å²) in [5.41, 5.74) is 1.76. The van der Waals surface area contributed by atoms with Crippen molar-refractivity contribution in [1.82, 2.24) is 15.3 Å². The van der Waals surface area contributed by atoms with Gasteiger partial charge in [0.25, 0.3) is 0 Å². The van der Waals surface area contributed by atoms with E-state index in [0.717, 1.165) is 66.5 Å². The SMILES string of the molecule is CCOCCNc1ccc(-c2cc3c(c(NCC4CNCCO4)n2)=NCCN=3)cn1. The zero-order valence-electron chi connectivity index (χ0n) is 17.4. The molecule has 0 saturated carbocycles. The van der Waals surface area contributed by atoms with Gasteiger partial charge in [-0.1, -0.05) is 0 Å². The lowest BCUT2D eigenvalue weighted by molar-refractivity contribution is 0.0371. The molecule has 0 aliphatic carbocycles. The molecule has 0 amide bonds. The summed E-state index contributed by atoms with van der Waals surface area (Å²) < 4.78 is 11.1. The van der Waals surface area contributed by atoms with Gasteiger partial charge in [-0.25, -0.2) is 9.97 Å². The minimum Gasteiger partial charge on any atom is -0.380 e. The molecule has 0 radical (unpaired) electrons. The summed E-state index contributed by atoms with van der Waals surface area (Å²) in [4.78, 5) is 18.6. The molecule has 3 N–H and O–H groups in total. The number of aromatic nitrogens is 2. The highest BCUT2D eigenvalue weighted by Crippen LogP contribution is 2.17. The van der Waals surface area contributed by atoms with Crippen LogP contribution in [-0.4, -0.2) is 75.2 Å². The molecule has 1 atom stereocenters. The molecule has 9 nitrogen and oxygen atoms in total. The van der Waals surface area contributed by atoms with Gasteiger partial charge in [0.05, 0.1) is 43.5 Å². The molecular formula is C21H29N7O2. The van der Waals surface area contributed by atoms with E-state index in [-0.39, 0.29) is 6.10 Å². The summed E-state index contributed by atoms with van der Waals surface area (Å²) in [5.74, 6) is 1.57. The summed E-state index contributed by atoms with van der Waals surface area (Å²) in [6.07, 6.45) is 1.94. The molecule has 2 aliphatic rings. The van der Waals surface area contributed by atoms with Crippen molar-refractivity contribution in [2.24, 2.45) is 9.98 Å². The van der Waals surface area contributed by atoms with Crippen molar-refractivity contribution in [3.05, 3.63) is 35.1 Å². The van der Waals surface area contributed by atoms with E-state index in [1.165, 1.54) is 0 Å². The minimum atomic E-state index is 0.115. The first-order chi connectivity index (χ1) is 14.8. The molecule has 2 aromatic heterocycles. The zero-order chi connectivity index (χ0) is 20.6. The van der Waals surface area contributed by atoms with E-state index in [0.29, 0.717) is 26.2 Å². The van der Waals surface area contributed by atoms with Crippen LogP contribution in [0.4, 0.5) is 11.6 Å². The van der Waals surface area contributed by atoms with Gasteiger partial charge in [-0.05, 0) is 25.1 Å². The van der Waals surface area contributed by atoms with Crippen molar-refractivity contribution < 1.29 is 9.47 Å². The van der Waals surface area contributed by atoms with Gasteiger partial charge in [-0.3, -0.25) is 9.98 Å². The highest BCUT2D eigenvalue weighted by atomic mass is 16.5. The van der Waals surface area contributed by atoms with Gasteiger partial charge in [0, 0.05) is 44.5 Å². The maximum absolute atomic E-state index is 5.79. The first-order valence-electron chi connectivity index (χ1n) is 10.6. The van der Waals surface area contributed by atoms with Crippen molar-refractivity contribution in [3.8, 4) is 11.3 Å². The summed E-state index contributed by atoms with van der Waals surface area (Å²) >= 11 is 0. The molecule has 0 aromatic carbocycles. The van der Waals surface area contributed by atoms with E-state index < -0.39 is 0 Å². The number of hydrogen-bond donors (Lipinski definition) is 3. The molecule has 30 heavy (non-hydrogen) atoms. The number of hydrogen-bond acceptors (Lipinski definition) is 9. The molecule has 2 aromatic rings. The Hall–Kier alpha value is -2.62. The lowest BCUT2D eigenvalue weighted by Gasteiger charge is -2.24. The Balaban J connectivity index is 1.52. The van der Waals surface area contributed by atoms with Crippen LogP contribution in [0, 0.1) is 0 Å². The van der Waals surface area contributed by atoms with Crippen LogP contribution in [0.15, 0.2) is 34.4 Å². The van der Waals surface area contributed by atoms with E-state index >= 15 is 0 Å². The number of morpholine rings is 1. The van der Waals surface area contributed by atoms with Gasteiger partial charge >= 0.3 is 0 Å². The number of nitrogens with zero attached hydrogens (tertiary/aromatic N) is 4. The molecule has 9 heteroatoms. The third kappa shape index (κ3) is 5.29. The fourth-order valence-corrected chi connectivity index (χ4v) is 3.41. The number of pyridine rings is 2. The summed E-state index contributed by atoms with van der Waals surface area (Å²) in [5, 5.41) is 11.7. The average Bonchev–Trinajstić information content (AvgIpc) is 2.81. The Morgan fingerprint density at radius 1 is 1.23 bits per heavy atom. The molecule has 2 aliphatic heterocycles. The van der Waals surface area contributed by atoms with E-state index in [1.54, 1.807) is 0 Å². The maximum atomic E-state index is 5.79. The van der Waals surface area contributed by atoms with Crippen LogP contribution in [0.3, 0.4) is 0 Å². The number of nitrogens with one attached hydrogen (secondary N) is 3. The molecule has 1 unspecified atom stereocenters. The smallest absolute Gasteiger partial charge is 0.154 e. The Bertz CT molecular complexity index is 943. The Labute approximate surface area is 176 Å². The third-order valence-corrected chi connectivity index (χ3v) is 4.94. The van der Waals surface area contributed by atoms with E-state index in [4.69, 9.17) is 14.5 Å². The van der Waals surface area contributed by atoms with Crippen LogP contribution < -0.4 is 26.7 Å². The number of fused-ring (bicyclic) bond motifs is 1. The van der Waals surface area contributed by atoms with Crippen LogP contribution in [-0.2, 0) is 9.47 Å². The van der Waals surface area contributed by atoms with Gasteiger partial charge in [-0.2, -0.15) is 0 Å². The van der Waals surface area contributed by atoms with Gasteiger partial charge in [0.15, 0.2) is 5.82 Å². The predicted molar refractivity (Wildman–Crippen MR) is 116 cm³/mol. The lowest BCUT2D eigenvalue weighted by atomic mass is 10.1. The van der Waals surface area contributed by atoms with Gasteiger partial charge in [0.2, 0.25) is 0 Å². The zero-order valence-corrected chi connectivity index (χ0v) is 17.4. The Kier molecular flexibility index (Phi) is 7.17. The average molecular weight is 412 g/mol. The van der Waals surface area contributed by atoms with E-state index in [9.17, 15) is 0 Å². The molecule has 0 spiro atoms. The highest BCUT2D eigenvalue weighted by Gasteiger charge is 2.15. The molecule has 160 valence electrons. The van der Waals surface area contributed by atoms with Crippen LogP contribution >= 0.6 is 0 Å². The van der Waals surface area contributed by atoms with Crippen molar-refractivity contribution in [1.29, 1.82) is 0 Å². The quantitative estimate of drug-likeness (QED) is 0.508. The van der Waals surface area contributed by atoms with Crippen molar-refractivity contribution >= 4 is 11.6 Å². The molecular weight excluding hydrogens is 382 g/mol. The predicted octanol–water partition coefficient (Wildman–Crippen LogP) is 0.245. The highest BCUT2D eigenvalue weighted by molar-refractivity contribution is 5.61. The molecule has 4 rings (SSSR count). The monoisotopic (exact) mass is 411 g/mol. The normalized spacial score (nSPS) is 18.1. The first kappa shape index (κ1) is 20.6. The van der Waals surface area contributed by atoms with E-state index in [2.05, 4.69) is 30.9 Å². The number of ether oxygens (including phenoxy) is 2. The van der Waals surface area contributed by atoms with Gasteiger partial charge in [0.1, 0.15) is 11.2 Å². The Morgan fingerprint density at radius 2 is 2.17 bits per heavy atom. The fraction of sp³-hybridized carbons (Fsp3) is 0.524. The maximum Gasteiger partial charge on any atom is 0.154 e. The van der Waals surface area contributed by atoms with Crippen LogP contribution in [0.25, 0.3) is 11.3 Å². The molecule has 1 fully saturated rings. The van der Waals surface area contributed by atoms with Crippen LogP contribution in [0.5, 0.6) is 0 Å². The summed E-state index contributed by atoms with van der Waals surface area (Å²) in [6, 6.07) is 5.96. The van der Waals surface area contributed by atoms with Crippen LogP contribution in [0.2, 0.25) is 0 Å². The fourth-order valence-electron chi connectivity index (χ4n) is 3.41. The Morgan fingerprint density at radius 3 is 2.97 bits per heavy atom. The molecule has 4 heterocycles. The molecule has 1 saturated heterocycles. The van der Waals surface area contributed by atoms with Gasteiger partial charge in [-0.15, -0.1) is 0 Å². The van der Waals surface area contributed by atoms with Gasteiger partial charge < -0.3 is 25.4 Å². The topological polar surface area (TPSA) is 105 Å². The second kappa shape index (κ2) is 10.4.